The van der Waals surface area contributed by atoms with Crippen molar-refractivity contribution in [3.8, 4) is 55.8 Å². The highest BCUT2D eigenvalue weighted by molar-refractivity contribution is 5.90. The van der Waals surface area contributed by atoms with Crippen LogP contribution < -0.4 is 0 Å². The number of aromatic nitrogens is 2. The molecular weight excluding hydrogens is 605 g/mol. The van der Waals surface area contributed by atoms with Crippen molar-refractivity contribution in [1.82, 2.24) is 9.97 Å². The molecule has 1 heterocycles. The van der Waals surface area contributed by atoms with Crippen LogP contribution >= 0.6 is 0 Å². The van der Waals surface area contributed by atoms with Gasteiger partial charge in [-0.15, -0.1) is 0 Å². The Bertz CT molecular complexity index is 2530. The first-order valence-corrected chi connectivity index (χ1v) is 17.3. The third-order valence-corrected chi connectivity index (χ3v) is 10.5. The van der Waals surface area contributed by atoms with E-state index >= 15 is 0 Å². The van der Waals surface area contributed by atoms with Crippen LogP contribution in [0.25, 0.3) is 55.8 Å². The van der Waals surface area contributed by atoms with Gasteiger partial charge in [-0.2, -0.15) is 0 Å². The molecule has 0 radical (unpaired) electrons. The van der Waals surface area contributed by atoms with E-state index in [0.29, 0.717) is 0 Å². The first kappa shape index (κ1) is 28.6. The molecular formula is C48H32N2. The van der Waals surface area contributed by atoms with Crippen molar-refractivity contribution in [2.75, 3.05) is 0 Å². The summed E-state index contributed by atoms with van der Waals surface area (Å²) >= 11 is 0. The Morgan fingerprint density at radius 1 is 0.340 bits per heavy atom. The molecule has 0 spiro atoms. The van der Waals surface area contributed by atoms with Crippen LogP contribution in [0.2, 0.25) is 0 Å². The molecule has 2 aliphatic rings. The molecule has 0 amide bonds. The molecule has 0 aliphatic heterocycles. The Balaban J connectivity index is 1.06. The van der Waals surface area contributed by atoms with Crippen LogP contribution in [0.4, 0.5) is 0 Å². The second-order valence-corrected chi connectivity index (χ2v) is 13.3. The molecule has 0 fully saturated rings. The monoisotopic (exact) mass is 636 g/mol. The van der Waals surface area contributed by atoms with E-state index in [2.05, 4.69) is 170 Å². The van der Waals surface area contributed by atoms with E-state index in [1.807, 2.05) is 12.3 Å². The van der Waals surface area contributed by atoms with Gasteiger partial charge in [-0.25, -0.2) is 9.97 Å². The fourth-order valence-corrected chi connectivity index (χ4v) is 8.20. The van der Waals surface area contributed by atoms with Gasteiger partial charge < -0.3 is 0 Å². The minimum Gasteiger partial charge on any atom is -0.240 e. The van der Waals surface area contributed by atoms with Crippen molar-refractivity contribution >= 4 is 0 Å². The molecule has 2 aliphatic carbocycles. The van der Waals surface area contributed by atoms with Crippen LogP contribution in [0.15, 0.2) is 182 Å². The molecule has 50 heavy (non-hydrogen) atoms. The topological polar surface area (TPSA) is 25.8 Å². The molecule has 0 saturated heterocycles. The summed E-state index contributed by atoms with van der Waals surface area (Å²) in [5.41, 5.74) is 18.6. The standard InChI is InChI=1S/C48H32N2/c1-3-12-31(13-4-1)32-22-24-33(25-23-32)35-16-11-17-36(28-35)45-26-27-49-48(50-45)47-40-21-10-8-19-38(40)42-29-41-37-18-7-9-20-39(37)46(43(41)30-44(42)47)34-14-5-2-6-15-34/h1-30,46-47H. The zero-order valence-electron chi connectivity index (χ0n) is 27.4. The Morgan fingerprint density at radius 2 is 0.880 bits per heavy atom. The second kappa shape index (κ2) is 11.6. The van der Waals surface area contributed by atoms with Crippen molar-refractivity contribution in [3.05, 3.63) is 216 Å². The molecule has 2 heteroatoms. The van der Waals surface area contributed by atoms with Gasteiger partial charge in [0.1, 0.15) is 5.82 Å². The summed E-state index contributed by atoms with van der Waals surface area (Å²) in [5.74, 6) is 0.965. The summed E-state index contributed by atoms with van der Waals surface area (Å²) in [6.07, 6.45) is 1.93. The van der Waals surface area contributed by atoms with Crippen LogP contribution in [-0.4, -0.2) is 9.97 Å². The van der Waals surface area contributed by atoms with Crippen molar-refractivity contribution in [1.29, 1.82) is 0 Å². The van der Waals surface area contributed by atoms with Crippen molar-refractivity contribution in [2.45, 2.75) is 11.8 Å². The SMILES string of the molecule is c1ccc(-c2ccc(-c3cccc(-c4ccnc(C5c6ccccc6-c6cc7c(cc65)C(c5ccccc5)c5ccccc5-7)n4)c3)cc2)cc1. The summed E-state index contributed by atoms with van der Waals surface area (Å²) < 4.78 is 0. The molecule has 2 unspecified atom stereocenters. The Labute approximate surface area is 292 Å². The van der Waals surface area contributed by atoms with Gasteiger partial charge in [0.15, 0.2) is 0 Å². The van der Waals surface area contributed by atoms with E-state index in [4.69, 9.17) is 9.97 Å². The maximum Gasteiger partial charge on any atom is 0.140 e. The fourth-order valence-electron chi connectivity index (χ4n) is 8.20. The third-order valence-electron chi connectivity index (χ3n) is 10.5. The van der Waals surface area contributed by atoms with Crippen molar-refractivity contribution < 1.29 is 0 Å². The van der Waals surface area contributed by atoms with Gasteiger partial charge in [-0.1, -0.05) is 158 Å². The molecule has 0 saturated carbocycles. The summed E-state index contributed by atoms with van der Waals surface area (Å²) in [6.45, 7) is 0. The summed E-state index contributed by atoms with van der Waals surface area (Å²) in [4.78, 5) is 10.3. The molecule has 8 aromatic rings. The van der Waals surface area contributed by atoms with E-state index in [9.17, 15) is 0 Å². The average molecular weight is 637 g/mol. The van der Waals surface area contributed by atoms with Crippen LogP contribution in [0.1, 0.15) is 45.5 Å². The largest absolute Gasteiger partial charge is 0.240 e. The van der Waals surface area contributed by atoms with Crippen molar-refractivity contribution in [2.24, 2.45) is 0 Å². The lowest BCUT2D eigenvalue weighted by Gasteiger charge is -2.18. The third kappa shape index (κ3) is 4.64. The first-order chi connectivity index (χ1) is 24.8. The molecule has 10 rings (SSSR count). The Kier molecular flexibility index (Phi) is 6.67. The maximum absolute atomic E-state index is 5.31. The lowest BCUT2D eigenvalue weighted by atomic mass is 9.86. The smallest absolute Gasteiger partial charge is 0.140 e. The number of hydrogen-bond acceptors (Lipinski definition) is 2. The van der Waals surface area contributed by atoms with E-state index in [-0.39, 0.29) is 11.8 Å². The predicted molar refractivity (Wildman–Crippen MR) is 204 cm³/mol. The average Bonchev–Trinajstić information content (AvgIpc) is 3.70. The van der Waals surface area contributed by atoms with E-state index < -0.39 is 0 Å². The molecule has 1 aromatic heterocycles. The molecule has 2 nitrogen and oxygen atoms in total. The molecule has 234 valence electrons. The second-order valence-electron chi connectivity index (χ2n) is 13.3. The normalized spacial score (nSPS) is 15.2. The lowest BCUT2D eigenvalue weighted by Crippen LogP contribution is -2.07. The van der Waals surface area contributed by atoms with Crippen molar-refractivity contribution in [3.63, 3.8) is 0 Å². The number of fused-ring (bicyclic) bond motifs is 6. The minimum absolute atomic E-state index is 0.0553. The lowest BCUT2D eigenvalue weighted by molar-refractivity contribution is 0.872. The highest BCUT2D eigenvalue weighted by Gasteiger charge is 2.37. The van der Waals surface area contributed by atoms with Gasteiger partial charge in [-0.05, 0) is 90.5 Å². The van der Waals surface area contributed by atoms with E-state index in [1.54, 1.807) is 0 Å². The molecule has 0 bridgehead atoms. The van der Waals surface area contributed by atoms with Crippen LogP contribution in [0.3, 0.4) is 0 Å². The summed E-state index contributed by atoms with van der Waals surface area (Å²) in [5, 5.41) is 0. The maximum atomic E-state index is 5.31. The van der Waals surface area contributed by atoms with Gasteiger partial charge in [0, 0.05) is 17.7 Å². The van der Waals surface area contributed by atoms with Crippen LogP contribution in [0.5, 0.6) is 0 Å². The quantitative estimate of drug-likeness (QED) is 0.188. The van der Waals surface area contributed by atoms with Gasteiger partial charge in [0.25, 0.3) is 0 Å². The molecule has 7 aromatic carbocycles. The fraction of sp³-hybridized carbons (Fsp3) is 0.0417. The van der Waals surface area contributed by atoms with E-state index in [1.165, 1.54) is 72.3 Å². The molecule has 2 atom stereocenters. The van der Waals surface area contributed by atoms with Gasteiger partial charge in [0.05, 0.1) is 11.6 Å². The zero-order chi connectivity index (χ0) is 33.0. The predicted octanol–water partition coefficient (Wildman–Crippen LogP) is 11.8. The van der Waals surface area contributed by atoms with Crippen LogP contribution in [0, 0.1) is 0 Å². The number of rotatable bonds is 5. The molecule has 0 N–H and O–H groups in total. The van der Waals surface area contributed by atoms with E-state index in [0.717, 1.165) is 17.1 Å². The first-order valence-electron chi connectivity index (χ1n) is 17.3. The highest BCUT2D eigenvalue weighted by Crippen LogP contribution is 2.55. The van der Waals surface area contributed by atoms with Gasteiger partial charge in [-0.3, -0.25) is 0 Å². The number of hydrogen-bond donors (Lipinski definition) is 0. The number of nitrogens with zero attached hydrogens (tertiary/aromatic N) is 2. The minimum atomic E-state index is -0.0553. The number of benzene rings is 7. The van der Waals surface area contributed by atoms with Gasteiger partial charge in [0.2, 0.25) is 0 Å². The van der Waals surface area contributed by atoms with Gasteiger partial charge >= 0.3 is 0 Å². The highest BCUT2D eigenvalue weighted by atomic mass is 14.9. The Morgan fingerprint density at radius 3 is 1.60 bits per heavy atom. The Hall–Kier alpha value is -6.38. The van der Waals surface area contributed by atoms with Crippen LogP contribution in [-0.2, 0) is 0 Å². The summed E-state index contributed by atoms with van der Waals surface area (Å²) in [7, 11) is 0. The zero-order valence-corrected chi connectivity index (χ0v) is 27.4. The summed E-state index contributed by atoms with van der Waals surface area (Å²) in [6, 6.07) is 63.6.